The van der Waals surface area contributed by atoms with Gasteiger partial charge in [-0.3, -0.25) is 9.59 Å². The number of hydrogen-bond acceptors (Lipinski definition) is 6. The second-order valence-corrected chi connectivity index (χ2v) is 6.38. The predicted octanol–water partition coefficient (Wildman–Crippen LogP) is 2.60. The number of nitrogens with one attached hydrogen (secondary N) is 1. The number of nitrogens with zero attached hydrogens (tertiary/aromatic N) is 1. The molecule has 2 rings (SSSR count). The topological polar surface area (TPSA) is 94.2 Å². The molecule has 0 fully saturated rings. The SMILES string of the molecule is COc1ccc(/C=C/C(=O)OCC(=O)Nc2ccc(C(=O)N(C)C)cc2)cc1OC. The molecule has 0 unspecified atom stereocenters. The number of methoxy groups -OCH3 is 2. The maximum Gasteiger partial charge on any atom is 0.331 e. The fraction of sp³-hybridized carbons (Fsp3) is 0.227. The van der Waals surface area contributed by atoms with Gasteiger partial charge in [-0.1, -0.05) is 6.07 Å². The molecule has 2 aromatic carbocycles. The Bertz CT molecular complexity index is 935. The standard InChI is InChI=1S/C22H24N2O6/c1-24(2)22(27)16-7-9-17(10-8-16)23-20(25)14-30-21(26)12-6-15-5-11-18(28-3)19(13-15)29-4/h5-13H,14H2,1-4H3,(H,23,25)/b12-6+. The first-order chi connectivity index (χ1) is 14.3. The summed E-state index contributed by atoms with van der Waals surface area (Å²) in [5.41, 5.74) is 1.71. The first kappa shape index (κ1) is 22.5. The van der Waals surface area contributed by atoms with Gasteiger partial charge in [0.05, 0.1) is 14.2 Å². The molecule has 0 saturated carbocycles. The van der Waals surface area contributed by atoms with Crippen LogP contribution in [0, 0.1) is 0 Å². The van der Waals surface area contributed by atoms with Gasteiger partial charge in [0.2, 0.25) is 0 Å². The van der Waals surface area contributed by atoms with Crippen molar-refractivity contribution in [2.75, 3.05) is 40.2 Å². The molecule has 158 valence electrons. The van der Waals surface area contributed by atoms with E-state index < -0.39 is 18.5 Å². The van der Waals surface area contributed by atoms with Crippen LogP contribution in [-0.2, 0) is 14.3 Å². The lowest BCUT2D eigenvalue weighted by atomic mass is 10.2. The summed E-state index contributed by atoms with van der Waals surface area (Å²) in [6.07, 6.45) is 2.76. The average molecular weight is 412 g/mol. The van der Waals surface area contributed by atoms with Crippen molar-refractivity contribution >= 4 is 29.5 Å². The van der Waals surface area contributed by atoms with Crippen molar-refractivity contribution in [3.63, 3.8) is 0 Å². The van der Waals surface area contributed by atoms with Gasteiger partial charge in [-0.05, 0) is 48.0 Å². The highest BCUT2D eigenvalue weighted by molar-refractivity contribution is 5.96. The quantitative estimate of drug-likeness (QED) is 0.529. The molecule has 1 N–H and O–H groups in total. The zero-order valence-corrected chi connectivity index (χ0v) is 17.3. The number of amides is 2. The van der Waals surface area contributed by atoms with Crippen LogP contribution in [0.3, 0.4) is 0 Å². The molecule has 2 amide bonds. The highest BCUT2D eigenvalue weighted by atomic mass is 16.5. The first-order valence-corrected chi connectivity index (χ1v) is 9.02. The number of rotatable bonds is 8. The molecule has 2 aromatic rings. The molecule has 30 heavy (non-hydrogen) atoms. The number of ether oxygens (including phenoxy) is 3. The second-order valence-electron chi connectivity index (χ2n) is 6.38. The fourth-order valence-electron chi connectivity index (χ4n) is 2.46. The van der Waals surface area contributed by atoms with E-state index in [2.05, 4.69) is 5.32 Å². The maximum atomic E-state index is 12.0. The largest absolute Gasteiger partial charge is 0.493 e. The smallest absolute Gasteiger partial charge is 0.331 e. The molecule has 0 spiro atoms. The van der Waals surface area contributed by atoms with E-state index in [4.69, 9.17) is 14.2 Å². The molecule has 0 heterocycles. The number of benzene rings is 2. The molecular formula is C22H24N2O6. The van der Waals surface area contributed by atoms with E-state index >= 15 is 0 Å². The second kappa shape index (κ2) is 10.7. The van der Waals surface area contributed by atoms with Gasteiger partial charge in [0.15, 0.2) is 18.1 Å². The van der Waals surface area contributed by atoms with Gasteiger partial charge in [0.25, 0.3) is 11.8 Å². The van der Waals surface area contributed by atoms with E-state index in [9.17, 15) is 14.4 Å². The van der Waals surface area contributed by atoms with Crippen molar-refractivity contribution in [1.82, 2.24) is 4.90 Å². The lowest BCUT2D eigenvalue weighted by Gasteiger charge is -2.11. The molecule has 0 saturated heterocycles. The average Bonchev–Trinajstić information content (AvgIpc) is 2.75. The van der Waals surface area contributed by atoms with Crippen LogP contribution in [0.2, 0.25) is 0 Å². The molecule has 0 aromatic heterocycles. The molecule has 0 radical (unpaired) electrons. The Kier molecular flexibility index (Phi) is 7.99. The third-order valence-electron chi connectivity index (χ3n) is 3.99. The molecule has 0 atom stereocenters. The van der Waals surface area contributed by atoms with Crippen molar-refractivity contribution in [1.29, 1.82) is 0 Å². The third-order valence-corrected chi connectivity index (χ3v) is 3.99. The van der Waals surface area contributed by atoms with Crippen LogP contribution in [0.4, 0.5) is 5.69 Å². The number of carbonyl (C=O) groups excluding carboxylic acids is 3. The van der Waals surface area contributed by atoms with Crippen molar-refractivity contribution in [3.05, 3.63) is 59.7 Å². The Hall–Kier alpha value is -3.81. The van der Waals surface area contributed by atoms with E-state index in [-0.39, 0.29) is 5.91 Å². The van der Waals surface area contributed by atoms with Crippen molar-refractivity contribution in [2.45, 2.75) is 0 Å². The fourth-order valence-corrected chi connectivity index (χ4v) is 2.46. The summed E-state index contributed by atoms with van der Waals surface area (Å²) < 4.78 is 15.3. The summed E-state index contributed by atoms with van der Waals surface area (Å²) in [5, 5.41) is 2.60. The number of carbonyl (C=O) groups is 3. The van der Waals surface area contributed by atoms with E-state index in [0.29, 0.717) is 28.3 Å². The third kappa shape index (κ3) is 6.37. The van der Waals surface area contributed by atoms with Gasteiger partial charge < -0.3 is 24.4 Å². The van der Waals surface area contributed by atoms with Gasteiger partial charge in [0.1, 0.15) is 0 Å². The monoisotopic (exact) mass is 412 g/mol. The van der Waals surface area contributed by atoms with Crippen LogP contribution in [0.5, 0.6) is 11.5 Å². The zero-order valence-electron chi connectivity index (χ0n) is 17.3. The van der Waals surface area contributed by atoms with Gasteiger partial charge in [-0.2, -0.15) is 0 Å². The van der Waals surface area contributed by atoms with Crippen LogP contribution in [0.15, 0.2) is 48.5 Å². The summed E-state index contributed by atoms with van der Waals surface area (Å²) in [6.45, 7) is -0.437. The highest BCUT2D eigenvalue weighted by Crippen LogP contribution is 2.27. The lowest BCUT2D eigenvalue weighted by Crippen LogP contribution is -2.22. The van der Waals surface area contributed by atoms with E-state index in [1.54, 1.807) is 62.6 Å². The summed E-state index contributed by atoms with van der Waals surface area (Å²) >= 11 is 0. The number of hydrogen-bond donors (Lipinski definition) is 1. The summed E-state index contributed by atoms with van der Waals surface area (Å²) in [6, 6.07) is 11.6. The van der Waals surface area contributed by atoms with Crippen molar-refractivity contribution < 1.29 is 28.6 Å². The van der Waals surface area contributed by atoms with E-state index in [0.717, 1.165) is 0 Å². The minimum atomic E-state index is -0.660. The Morgan fingerprint density at radius 2 is 1.63 bits per heavy atom. The molecule has 0 aliphatic heterocycles. The molecule has 0 aliphatic carbocycles. The Balaban J connectivity index is 1.85. The van der Waals surface area contributed by atoms with Crippen LogP contribution < -0.4 is 14.8 Å². The summed E-state index contributed by atoms with van der Waals surface area (Å²) in [5.74, 6) is -0.178. The minimum Gasteiger partial charge on any atom is -0.493 e. The van der Waals surface area contributed by atoms with Gasteiger partial charge >= 0.3 is 5.97 Å². The molecule has 0 aliphatic rings. The van der Waals surface area contributed by atoms with E-state index in [1.165, 1.54) is 25.2 Å². The van der Waals surface area contributed by atoms with Crippen LogP contribution in [0.25, 0.3) is 6.08 Å². The van der Waals surface area contributed by atoms with Gasteiger partial charge in [-0.15, -0.1) is 0 Å². The highest BCUT2D eigenvalue weighted by Gasteiger charge is 2.09. The van der Waals surface area contributed by atoms with Gasteiger partial charge in [-0.25, -0.2) is 4.79 Å². The number of esters is 1. The molecule has 8 nitrogen and oxygen atoms in total. The first-order valence-electron chi connectivity index (χ1n) is 9.02. The maximum absolute atomic E-state index is 12.0. The zero-order chi connectivity index (χ0) is 22.1. The predicted molar refractivity (Wildman–Crippen MR) is 113 cm³/mol. The Labute approximate surface area is 175 Å². The Morgan fingerprint density at radius 1 is 0.967 bits per heavy atom. The summed E-state index contributed by atoms with van der Waals surface area (Å²) in [7, 11) is 6.37. The minimum absolute atomic E-state index is 0.136. The Morgan fingerprint density at radius 3 is 2.23 bits per heavy atom. The van der Waals surface area contributed by atoms with Crippen molar-refractivity contribution in [3.8, 4) is 11.5 Å². The van der Waals surface area contributed by atoms with E-state index in [1.807, 2.05) is 0 Å². The van der Waals surface area contributed by atoms with Crippen LogP contribution >= 0.6 is 0 Å². The normalized spacial score (nSPS) is 10.4. The molecular weight excluding hydrogens is 388 g/mol. The van der Waals surface area contributed by atoms with Crippen LogP contribution in [-0.4, -0.2) is 57.6 Å². The molecule has 8 heteroatoms. The van der Waals surface area contributed by atoms with Crippen LogP contribution in [0.1, 0.15) is 15.9 Å². The summed E-state index contributed by atoms with van der Waals surface area (Å²) in [4.78, 5) is 37.1. The van der Waals surface area contributed by atoms with Crippen molar-refractivity contribution in [2.24, 2.45) is 0 Å². The molecule has 0 bridgehead atoms. The lowest BCUT2D eigenvalue weighted by molar-refractivity contribution is -0.142. The van der Waals surface area contributed by atoms with Gasteiger partial charge in [0, 0.05) is 31.4 Å². The number of anilines is 1.